The van der Waals surface area contributed by atoms with Crippen molar-refractivity contribution in [2.24, 2.45) is 0 Å². The molecule has 3 amide bonds. The third-order valence-corrected chi connectivity index (χ3v) is 8.44. The molecule has 196 valence electrons. The molecule has 4 aliphatic rings. The van der Waals surface area contributed by atoms with Gasteiger partial charge in [-0.1, -0.05) is 12.8 Å². The Hall–Kier alpha value is -2.75. The Bertz CT molecular complexity index is 1050. The molecule has 2 heterocycles. The minimum Gasteiger partial charge on any atom is -0.505 e. The second-order valence-corrected chi connectivity index (χ2v) is 10.7. The molecule has 0 spiro atoms. The molecule has 0 bridgehead atoms. The Balaban J connectivity index is 1.32. The minimum atomic E-state index is -2.56. The van der Waals surface area contributed by atoms with Gasteiger partial charge in [0.2, 0.25) is 17.7 Å². The van der Waals surface area contributed by atoms with Gasteiger partial charge in [0.15, 0.2) is 0 Å². The van der Waals surface area contributed by atoms with E-state index in [9.17, 15) is 28.3 Å². The van der Waals surface area contributed by atoms with E-state index in [0.717, 1.165) is 25.7 Å². The molecule has 0 aromatic heterocycles. The highest BCUT2D eigenvalue weighted by molar-refractivity contribution is 6.06. The molecular formula is C26H34F2N4O4. The van der Waals surface area contributed by atoms with Crippen molar-refractivity contribution in [2.45, 2.75) is 101 Å². The molecule has 1 unspecified atom stereocenters. The van der Waals surface area contributed by atoms with E-state index in [4.69, 9.17) is 0 Å². The Labute approximate surface area is 209 Å². The summed E-state index contributed by atoms with van der Waals surface area (Å²) in [6.45, 7) is 0.108. The number of benzene rings is 1. The van der Waals surface area contributed by atoms with Crippen LogP contribution < -0.4 is 15.5 Å². The number of phenolic OH excluding ortho intramolecular Hbond substituents is 1. The zero-order valence-corrected chi connectivity index (χ0v) is 20.6. The monoisotopic (exact) mass is 504 g/mol. The first-order valence-corrected chi connectivity index (χ1v) is 13.0. The van der Waals surface area contributed by atoms with Crippen molar-refractivity contribution < 1.29 is 28.3 Å². The number of nitrogens with zero attached hydrogens (tertiary/aromatic N) is 2. The van der Waals surface area contributed by atoms with Gasteiger partial charge in [-0.3, -0.25) is 19.7 Å². The van der Waals surface area contributed by atoms with Crippen LogP contribution in [0, 0.1) is 0 Å². The van der Waals surface area contributed by atoms with E-state index in [1.54, 1.807) is 12.1 Å². The number of likely N-dealkylation sites (N-methyl/N-ethyl adjacent to an activating group) is 1. The van der Waals surface area contributed by atoms with Gasteiger partial charge in [-0.25, -0.2) is 8.78 Å². The van der Waals surface area contributed by atoms with Crippen molar-refractivity contribution in [3.8, 4) is 5.75 Å². The average Bonchev–Trinajstić information content (AvgIpc) is 3.18. The predicted molar refractivity (Wildman–Crippen MR) is 129 cm³/mol. The van der Waals surface area contributed by atoms with Gasteiger partial charge in [0.05, 0.1) is 12.2 Å². The molecule has 0 radical (unpaired) electrons. The molecule has 1 aromatic carbocycles. The van der Waals surface area contributed by atoms with E-state index >= 15 is 0 Å². The number of carbonyl (C=O) groups excluding carboxylic acids is 3. The highest BCUT2D eigenvalue weighted by Gasteiger charge is 2.42. The van der Waals surface area contributed by atoms with E-state index in [0.29, 0.717) is 29.7 Å². The normalized spacial score (nSPS) is 28.7. The number of phenols is 1. The quantitative estimate of drug-likeness (QED) is 0.533. The van der Waals surface area contributed by atoms with Crippen LogP contribution in [0.2, 0.25) is 0 Å². The zero-order chi connectivity index (χ0) is 25.6. The lowest BCUT2D eigenvalue weighted by molar-refractivity contribution is -0.136. The first kappa shape index (κ1) is 24.9. The number of halogens is 2. The molecule has 1 aromatic rings. The molecule has 5 rings (SSSR count). The SMILES string of the molecule is CN(c1ccc2c(c1O)CN(C1CCC(=O)NC1=O)C2=O)[C@@H]1CCCC[C@@H]1NC1CCC(F)(F)CC1. The van der Waals surface area contributed by atoms with Crippen LogP contribution in [-0.4, -0.2) is 64.9 Å². The topological polar surface area (TPSA) is 102 Å². The number of piperidine rings is 1. The number of nitrogens with one attached hydrogen (secondary N) is 2. The maximum atomic E-state index is 13.6. The van der Waals surface area contributed by atoms with Crippen LogP contribution in [0.3, 0.4) is 0 Å². The number of anilines is 1. The summed E-state index contributed by atoms with van der Waals surface area (Å²) in [6.07, 6.45) is 5.16. The highest BCUT2D eigenvalue weighted by Crippen LogP contribution is 2.41. The summed E-state index contributed by atoms with van der Waals surface area (Å²) < 4.78 is 27.2. The van der Waals surface area contributed by atoms with E-state index in [-0.39, 0.29) is 67.9 Å². The molecule has 1 saturated heterocycles. The van der Waals surface area contributed by atoms with Gasteiger partial charge in [0.1, 0.15) is 11.8 Å². The largest absolute Gasteiger partial charge is 0.505 e. The van der Waals surface area contributed by atoms with Crippen molar-refractivity contribution in [1.29, 1.82) is 0 Å². The number of hydrogen-bond acceptors (Lipinski definition) is 6. The molecule has 3 fully saturated rings. The Morgan fingerprint density at radius 3 is 2.53 bits per heavy atom. The lowest BCUT2D eigenvalue weighted by atomic mass is 9.86. The summed E-state index contributed by atoms with van der Waals surface area (Å²) >= 11 is 0. The maximum absolute atomic E-state index is 13.6. The minimum absolute atomic E-state index is 0.0276. The predicted octanol–water partition coefficient (Wildman–Crippen LogP) is 3.07. The zero-order valence-electron chi connectivity index (χ0n) is 20.6. The number of alkyl halides is 2. The third kappa shape index (κ3) is 4.67. The van der Waals surface area contributed by atoms with Crippen LogP contribution in [-0.2, 0) is 16.1 Å². The van der Waals surface area contributed by atoms with Crippen molar-refractivity contribution in [2.75, 3.05) is 11.9 Å². The van der Waals surface area contributed by atoms with Crippen molar-refractivity contribution in [3.05, 3.63) is 23.3 Å². The Morgan fingerprint density at radius 1 is 1.08 bits per heavy atom. The first-order chi connectivity index (χ1) is 17.1. The van der Waals surface area contributed by atoms with E-state index in [2.05, 4.69) is 10.6 Å². The lowest BCUT2D eigenvalue weighted by Crippen LogP contribution is -2.54. The van der Waals surface area contributed by atoms with Crippen LogP contribution in [0.5, 0.6) is 5.75 Å². The number of amides is 3. The van der Waals surface area contributed by atoms with Crippen molar-refractivity contribution in [3.63, 3.8) is 0 Å². The number of hydrogen-bond donors (Lipinski definition) is 3. The molecule has 3 N–H and O–H groups in total. The van der Waals surface area contributed by atoms with Crippen LogP contribution in [0.15, 0.2) is 12.1 Å². The fraction of sp³-hybridized carbons (Fsp3) is 0.654. The Morgan fingerprint density at radius 2 is 1.81 bits per heavy atom. The van der Waals surface area contributed by atoms with Gasteiger partial charge in [-0.05, 0) is 44.2 Å². The fourth-order valence-corrected chi connectivity index (χ4v) is 6.35. The lowest BCUT2D eigenvalue weighted by Gasteiger charge is -2.42. The summed E-state index contributed by atoms with van der Waals surface area (Å²) in [5, 5.41) is 17.2. The van der Waals surface area contributed by atoms with Gasteiger partial charge in [-0.15, -0.1) is 0 Å². The van der Waals surface area contributed by atoms with E-state index in [1.165, 1.54) is 4.90 Å². The molecule has 2 aliphatic carbocycles. The van der Waals surface area contributed by atoms with Crippen LogP contribution >= 0.6 is 0 Å². The summed E-state index contributed by atoms with van der Waals surface area (Å²) in [5.41, 5.74) is 1.47. The van der Waals surface area contributed by atoms with E-state index in [1.807, 2.05) is 11.9 Å². The highest BCUT2D eigenvalue weighted by atomic mass is 19.3. The molecule has 10 heteroatoms. The fourth-order valence-electron chi connectivity index (χ4n) is 6.35. The smallest absolute Gasteiger partial charge is 0.255 e. The number of imide groups is 1. The number of aromatic hydroxyl groups is 1. The maximum Gasteiger partial charge on any atom is 0.255 e. The second kappa shape index (κ2) is 9.61. The van der Waals surface area contributed by atoms with Gasteiger partial charge < -0.3 is 20.2 Å². The first-order valence-electron chi connectivity index (χ1n) is 13.0. The Kier molecular flexibility index (Phi) is 6.65. The molecule has 2 aliphatic heterocycles. The van der Waals surface area contributed by atoms with Gasteiger partial charge in [-0.2, -0.15) is 0 Å². The van der Waals surface area contributed by atoms with Gasteiger partial charge in [0, 0.05) is 55.6 Å². The average molecular weight is 505 g/mol. The number of rotatable bonds is 5. The summed E-state index contributed by atoms with van der Waals surface area (Å²) in [7, 11) is 1.93. The van der Waals surface area contributed by atoms with Crippen LogP contribution in [0.4, 0.5) is 14.5 Å². The number of fused-ring (bicyclic) bond motifs is 1. The van der Waals surface area contributed by atoms with Crippen LogP contribution in [0.25, 0.3) is 0 Å². The van der Waals surface area contributed by atoms with E-state index < -0.39 is 17.9 Å². The summed E-state index contributed by atoms with van der Waals surface area (Å²) in [6, 6.07) is 2.97. The van der Waals surface area contributed by atoms with Gasteiger partial charge >= 0.3 is 0 Å². The number of carbonyl (C=O) groups is 3. The molecule has 2 saturated carbocycles. The second-order valence-electron chi connectivity index (χ2n) is 10.7. The molecule has 8 nitrogen and oxygen atoms in total. The molecule has 36 heavy (non-hydrogen) atoms. The standard InChI is InChI=1S/C26H34F2N4O4/c1-31(19-5-3-2-4-18(19)29-15-10-12-26(27,28)13-11-15)20-7-6-16-17(23(20)34)14-32(25(16)36)21-8-9-22(33)30-24(21)35/h6-7,15,18-19,21,29,34H,2-5,8-14H2,1H3,(H,30,33,35)/t18-,19+,21?/m0/s1. The van der Waals surface area contributed by atoms with Crippen LogP contribution in [0.1, 0.15) is 80.1 Å². The third-order valence-electron chi connectivity index (χ3n) is 8.44. The summed E-state index contributed by atoms with van der Waals surface area (Å²) in [5.74, 6) is -3.68. The molecule has 3 atom stereocenters. The van der Waals surface area contributed by atoms with Gasteiger partial charge in [0.25, 0.3) is 5.91 Å². The summed E-state index contributed by atoms with van der Waals surface area (Å²) in [4.78, 5) is 40.4. The van der Waals surface area contributed by atoms with Crippen molar-refractivity contribution >= 4 is 23.4 Å². The molecular weight excluding hydrogens is 470 g/mol. The van der Waals surface area contributed by atoms with Crippen molar-refractivity contribution in [1.82, 2.24) is 15.5 Å².